The lowest BCUT2D eigenvalue weighted by molar-refractivity contribution is -0.116. The third-order valence-corrected chi connectivity index (χ3v) is 3.34. The lowest BCUT2D eigenvalue weighted by Gasteiger charge is -2.22. The maximum Gasteiger partial charge on any atom is 0.341 e. The van der Waals surface area contributed by atoms with Gasteiger partial charge in [-0.1, -0.05) is 0 Å². The van der Waals surface area contributed by atoms with E-state index in [0.29, 0.717) is 11.7 Å². The van der Waals surface area contributed by atoms with Gasteiger partial charge in [-0.25, -0.2) is 9.79 Å². The van der Waals surface area contributed by atoms with Crippen molar-refractivity contribution in [3.8, 4) is 0 Å². The van der Waals surface area contributed by atoms with Crippen LogP contribution in [0.2, 0.25) is 0 Å². The number of hydrogen-bond donors (Lipinski definition) is 2. The maximum absolute atomic E-state index is 11.9. The average molecular weight is 277 g/mol. The molecule has 1 aromatic rings. The van der Waals surface area contributed by atoms with Gasteiger partial charge in [0.1, 0.15) is 6.04 Å². The number of anilines is 1. The van der Waals surface area contributed by atoms with Gasteiger partial charge >= 0.3 is 6.03 Å². The number of urea groups is 1. The fraction of sp³-hybridized carbons (Fsp3) is 0.500. The van der Waals surface area contributed by atoms with Gasteiger partial charge in [0, 0.05) is 25.6 Å². The van der Waals surface area contributed by atoms with Crippen LogP contribution in [0, 0.1) is 0 Å². The fourth-order valence-electron chi connectivity index (χ4n) is 2.26. The Morgan fingerprint density at radius 3 is 2.95 bits per heavy atom. The molecule has 2 aliphatic rings. The normalized spacial score (nSPS) is 22.8. The number of nitrogens with zero attached hydrogens (tertiary/aromatic N) is 3. The summed E-state index contributed by atoms with van der Waals surface area (Å²) >= 11 is 0. The monoisotopic (exact) mass is 277 g/mol. The average Bonchev–Trinajstić information content (AvgIpc) is 3.09. The van der Waals surface area contributed by atoms with E-state index in [4.69, 9.17) is 4.74 Å². The zero-order chi connectivity index (χ0) is 13.9. The zero-order valence-electron chi connectivity index (χ0n) is 10.8. The third kappa shape index (κ3) is 2.69. The van der Waals surface area contributed by atoms with Crippen LogP contribution >= 0.6 is 0 Å². The summed E-state index contributed by atoms with van der Waals surface area (Å²) in [5.41, 5.74) is 0.607. The van der Waals surface area contributed by atoms with Crippen molar-refractivity contribution in [2.45, 2.75) is 24.9 Å². The first-order chi connectivity index (χ1) is 9.72. The van der Waals surface area contributed by atoms with Gasteiger partial charge in [-0.2, -0.15) is 5.10 Å². The van der Waals surface area contributed by atoms with Crippen LogP contribution in [0.5, 0.6) is 0 Å². The zero-order valence-corrected chi connectivity index (χ0v) is 10.8. The van der Waals surface area contributed by atoms with E-state index >= 15 is 0 Å². The second kappa shape index (κ2) is 5.41. The molecule has 0 spiro atoms. The van der Waals surface area contributed by atoms with E-state index in [1.54, 1.807) is 12.4 Å². The Hall–Kier alpha value is -2.22. The Morgan fingerprint density at radius 1 is 1.45 bits per heavy atom. The van der Waals surface area contributed by atoms with Crippen molar-refractivity contribution >= 4 is 23.8 Å². The van der Waals surface area contributed by atoms with E-state index < -0.39 is 12.1 Å². The Morgan fingerprint density at radius 2 is 2.25 bits per heavy atom. The highest BCUT2D eigenvalue weighted by atomic mass is 16.5. The number of ether oxygens (including phenoxy) is 1. The van der Waals surface area contributed by atoms with Crippen molar-refractivity contribution in [3.63, 3.8) is 0 Å². The SMILES string of the molecule is O=C1N=CC(C(=O)Nc2cnn(C3CCOCC3)c2)N1. The summed E-state index contributed by atoms with van der Waals surface area (Å²) < 4.78 is 7.15. The van der Waals surface area contributed by atoms with Gasteiger partial charge in [-0.15, -0.1) is 0 Å². The number of aliphatic imine (C=N–C) groups is 1. The number of rotatable bonds is 3. The molecule has 3 heterocycles. The minimum atomic E-state index is -0.714. The van der Waals surface area contributed by atoms with Crippen LogP contribution in [0.3, 0.4) is 0 Å². The number of amides is 3. The summed E-state index contributed by atoms with van der Waals surface area (Å²) in [7, 11) is 0. The van der Waals surface area contributed by atoms with Crippen LogP contribution in [0.4, 0.5) is 10.5 Å². The van der Waals surface area contributed by atoms with Gasteiger partial charge in [0.15, 0.2) is 0 Å². The minimum Gasteiger partial charge on any atom is -0.381 e. The Labute approximate surface area is 115 Å². The van der Waals surface area contributed by atoms with Crippen LogP contribution < -0.4 is 10.6 Å². The molecule has 1 atom stereocenters. The summed E-state index contributed by atoms with van der Waals surface area (Å²) in [5, 5.41) is 9.39. The first-order valence-electron chi connectivity index (χ1n) is 6.50. The molecule has 0 bridgehead atoms. The van der Waals surface area contributed by atoms with Gasteiger partial charge in [0.2, 0.25) is 0 Å². The molecule has 2 N–H and O–H groups in total. The second-order valence-electron chi connectivity index (χ2n) is 4.75. The molecular weight excluding hydrogens is 262 g/mol. The summed E-state index contributed by atoms with van der Waals surface area (Å²) in [4.78, 5) is 26.3. The molecule has 1 unspecified atom stereocenters. The number of carbonyl (C=O) groups is 2. The molecule has 3 amide bonds. The van der Waals surface area contributed by atoms with Crippen molar-refractivity contribution in [3.05, 3.63) is 12.4 Å². The highest BCUT2D eigenvalue weighted by Crippen LogP contribution is 2.21. The lowest BCUT2D eigenvalue weighted by atomic mass is 10.1. The van der Waals surface area contributed by atoms with E-state index in [-0.39, 0.29) is 5.91 Å². The Bertz CT molecular complexity index is 547. The van der Waals surface area contributed by atoms with Gasteiger partial charge in [-0.3, -0.25) is 9.48 Å². The second-order valence-corrected chi connectivity index (χ2v) is 4.75. The topological polar surface area (TPSA) is 97.6 Å². The molecule has 8 nitrogen and oxygen atoms in total. The molecule has 0 saturated carbocycles. The smallest absolute Gasteiger partial charge is 0.341 e. The fourth-order valence-corrected chi connectivity index (χ4v) is 2.26. The van der Waals surface area contributed by atoms with Gasteiger partial charge in [-0.05, 0) is 12.8 Å². The number of nitrogens with one attached hydrogen (secondary N) is 2. The molecule has 1 saturated heterocycles. The van der Waals surface area contributed by atoms with Crippen molar-refractivity contribution in [1.29, 1.82) is 0 Å². The number of aromatic nitrogens is 2. The van der Waals surface area contributed by atoms with Crippen LogP contribution in [0.1, 0.15) is 18.9 Å². The molecule has 0 radical (unpaired) electrons. The summed E-state index contributed by atoms with van der Waals surface area (Å²) in [5.74, 6) is -0.328. The van der Waals surface area contributed by atoms with E-state index in [1.165, 1.54) is 6.21 Å². The molecule has 0 aliphatic carbocycles. The van der Waals surface area contributed by atoms with Crippen molar-refractivity contribution < 1.29 is 14.3 Å². The van der Waals surface area contributed by atoms with Crippen LogP contribution in [0.15, 0.2) is 17.4 Å². The molecule has 8 heteroatoms. The number of carbonyl (C=O) groups excluding carboxylic acids is 2. The first-order valence-corrected chi connectivity index (χ1v) is 6.50. The molecule has 1 aromatic heterocycles. The van der Waals surface area contributed by atoms with E-state index in [1.807, 2.05) is 4.68 Å². The largest absolute Gasteiger partial charge is 0.381 e. The highest BCUT2D eigenvalue weighted by Gasteiger charge is 2.24. The summed E-state index contributed by atoms with van der Waals surface area (Å²) in [6.07, 6.45) is 6.52. The van der Waals surface area contributed by atoms with E-state index in [2.05, 4.69) is 20.7 Å². The maximum atomic E-state index is 11.9. The molecule has 1 fully saturated rings. The Kier molecular flexibility index (Phi) is 3.46. The molecule has 2 aliphatic heterocycles. The standard InChI is InChI=1S/C12H15N5O3/c18-11(10-6-13-12(19)16-10)15-8-5-14-17(7-8)9-1-3-20-4-2-9/h5-7,9-10H,1-4H2,(H,15,18)(H,16,19). The van der Waals surface area contributed by atoms with Crippen LogP contribution in [0.25, 0.3) is 0 Å². The third-order valence-electron chi connectivity index (χ3n) is 3.34. The number of hydrogen-bond acceptors (Lipinski definition) is 4. The van der Waals surface area contributed by atoms with E-state index in [0.717, 1.165) is 26.1 Å². The summed E-state index contributed by atoms with van der Waals surface area (Å²) in [6.45, 7) is 1.47. The van der Waals surface area contributed by atoms with Crippen LogP contribution in [-0.4, -0.2) is 47.2 Å². The lowest BCUT2D eigenvalue weighted by Crippen LogP contribution is -2.39. The molecule has 106 valence electrons. The molecule has 0 aromatic carbocycles. The van der Waals surface area contributed by atoms with Crippen molar-refractivity contribution in [2.24, 2.45) is 4.99 Å². The summed E-state index contributed by atoms with van der Waals surface area (Å²) in [6, 6.07) is -0.904. The van der Waals surface area contributed by atoms with E-state index in [9.17, 15) is 9.59 Å². The molecule has 20 heavy (non-hydrogen) atoms. The van der Waals surface area contributed by atoms with Crippen molar-refractivity contribution in [2.75, 3.05) is 18.5 Å². The minimum absolute atomic E-state index is 0.308. The van der Waals surface area contributed by atoms with Crippen LogP contribution in [-0.2, 0) is 9.53 Å². The van der Waals surface area contributed by atoms with Gasteiger partial charge < -0.3 is 15.4 Å². The molecule has 3 rings (SSSR count). The highest BCUT2D eigenvalue weighted by molar-refractivity contribution is 6.11. The quantitative estimate of drug-likeness (QED) is 0.832. The molecular formula is C12H15N5O3. The van der Waals surface area contributed by atoms with Crippen molar-refractivity contribution in [1.82, 2.24) is 15.1 Å². The van der Waals surface area contributed by atoms with Gasteiger partial charge in [0.25, 0.3) is 5.91 Å². The van der Waals surface area contributed by atoms with Gasteiger partial charge in [0.05, 0.1) is 17.9 Å². The predicted octanol–water partition coefficient (Wildman–Crippen LogP) is 0.336. The predicted molar refractivity (Wildman–Crippen MR) is 70.8 cm³/mol. The first kappa shape index (κ1) is 12.8. The Balaban J connectivity index is 1.60.